The summed E-state index contributed by atoms with van der Waals surface area (Å²) in [6, 6.07) is 12.2. The van der Waals surface area contributed by atoms with E-state index in [1.54, 1.807) is 57.2 Å². The molecule has 3 N–H and O–H groups in total. The van der Waals surface area contributed by atoms with E-state index in [1.165, 1.54) is 19.2 Å². The number of hydrogen-bond acceptors (Lipinski definition) is 8. The van der Waals surface area contributed by atoms with Crippen molar-refractivity contribution in [3.05, 3.63) is 65.2 Å². The monoisotopic (exact) mass is 538 g/mol. The zero-order valence-corrected chi connectivity index (χ0v) is 22.7. The molecular weight excluding hydrogens is 504 g/mol. The molecule has 208 valence electrons. The van der Waals surface area contributed by atoms with Gasteiger partial charge in [-0.3, -0.25) is 14.4 Å². The van der Waals surface area contributed by atoms with Gasteiger partial charge in [0.05, 0.1) is 13.2 Å². The molecule has 0 heterocycles. The number of alkyl carbamates (subject to hydrolysis) is 1. The minimum atomic E-state index is -1.30. The number of esters is 1. The Morgan fingerprint density at radius 3 is 2.21 bits per heavy atom. The average Bonchev–Trinajstić information content (AvgIpc) is 2.87. The van der Waals surface area contributed by atoms with E-state index in [1.807, 2.05) is 13.0 Å². The average molecular weight is 539 g/mol. The summed E-state index contributed by atoms with van der Waals surface area (Å²) in [7, 11) is 1.17. The van der Waals surface area contributed by atoms with Crippen LogP contribution >= 0.6 is 0 Å². The van der Waals surface area contributed by atoms with Gasteiger partial charge in [0, 0.05) is 6.42 Å². The number of hydrogen-bond donors (Lipinski definition) is 3. The second-order valence-corrected chi connectivity index (χ2v) is 9.80. The predicted molar refractivity (Wildman–Crippen MR) is 141 cm³/mol. The number of carbonyl (C=O) groups is 4. The number of carbonyl (C=O) groups excluding carboxylic acids is 4. The van der Waals surface area contributed by atoms with E-state index < -0.39 is 54.7 Å². The number of phenolic OH excluding ortho intramolecular Hbond substituents is 1. The highest BCUT2D eigenvalue weighted by Gasteiger charge is 2.36. The lowest BCUT2D eigenvalue weighted by atomic mass is 9.99. The van der Waals surface area contributed by atoms with E-state index in [0.29, 0.717) is 11.1 Å². The minimum absolute atomic E-state index is 0.0227. The molecule has 0 saturated carbocycles. The van der Waals surface area contributed by atoms with Gasteiger partial charge in [-0.25, -0.2) is 4.79 Å². The molecule has 3 amide bonds. The number of benzene rings is 2. The Balaban J connectivity index is 2.51. The zero-order valence-electron chi connectivity index (χ0n) is 22.7. The first-order chi connectivity index (χ1) is 18.3. The molecule has 11 nitrogen and oxygen atoms in total. The first-order valence-corrected chi connectivity index (χ1v) is 12.2. The van der Waals surface area contributed by atoms with E-state index in [0.717, 1.165) is 10.5 Å². The van der Waals surface area contributed by atoms with Crippen molar-refractivity contribution in [2.75, 3.05) is 20.2 Å². The highest BCUT2D eigenvalue weighted by atomic mass is 16.6. The van der Waals surface area contributed by atoms with Crippen LogP contribution in [0.3, 0.4) is 0 Å². The number of aryl methyl sites for hydroxylation is 1. The Labute approximate surface area is 227 Å². The zero-order chi connectivity index (χ0) is 29.2. The number of rotatable bonds is 10. The first kappa shape index (κ1) is 30.6. The summed E-state index contributed by atoms with van der Waals surface area (Å²) in [6.07, 6.45) is -0.886. The van der Waals surface area contributed by atoms with Gasteiger partial charge in [0.2, 0.25) is 11.8 Å². The molecule has 2 atom stereocenters. The number of nitrogens with one attached hydrogen (secondary N) is 2. The fourth-order valence-electron chi connectivity index (χ4n) is 3.64. The highest BCUT2D eigenvalue weighted by molar-refractivity contribution is 5.93. The summed E-state index contributed by atoms with van der Waals surface area (Å²) < 4.78 is 9.93. The van der Waals surface area contributed by atoms with Gasteiger partial charge in [0.1, 0.15) is 36.5 Å². The molecule has 2 unspecified atom stereocenters. The summed E-state index contributed by atoms with van der Waals surface area (Å²) >= 11 is 0. The van der Waals surface area contributed by atoms with Gasteiger partial charge >= 0.3 is 12.1 Å². The third kappa shape index (κ3) is 9.66. The molecule has 0 saturated heterocycles. The van der Waals surface area contributed by atoms with Crippen LogP contribution in [0.1, 0.15) is 43.5 Å². The summed E-state index contributed by atoms with van der Waals surface area (Å²) in [5.41, 5.74) is 1.05. The Morgan fingerprint density at radius 1 is 1.05 bits per heavy atom. The topological polar surface area (TPSA) is 158 Å². The molecule has 2 aromatic carbocycles. The van der Waals surface area contributed by atoms with Crippen LogP contribution in [0, 0.1) is 18.3 Å². The van der Waals surface area contributed by atoms with E-state index in [2.05, 4.69) is 15.4 Å². The molecule has 0 aliphatic heterocycles. The smallest absolute Gasteiger partial charge is 0.408 e. The van der Waals surface area contributed by atoms with Gasteiger partial charge < -0.3 is 30.1 Å². The second-order valence-electron chi connectivity index (χ2n) is 9.80. The molecule has 0 aliphatic carbocycles. The highest BCUT2D eigenvalue weighted by Crippen LogP contribution is 2.24. The van der Waals surface area contributed by atoms with Gasteiger partial charge in [-0.1, -0.05) is 42.0 Å². The Kier molecular flexibility index (Phi) is 10.8. The molecule has 0 aromatic heterocycles. The van der Waals surface area contributed by atoms with E-state index in [4.69, 9.17) is 4.74 Å². The van der Waals surface area contributed by atoms with Gasteiger partial charge in [-0.2, -0.15) is 5.26 Å². The number of methoxy groups -OCH3 is 1. The van der Waals surface area contributed by atoms with Crippen LogP contribution in [-0.2, 0) is 30.3 Å². The lowest BCUT2D eigenvalue weighted by Gasteiger charge is -2.33. The van der Waals surface area contributed by atoms with Gasteiger partial charge in [0.25, 0.3) is 0 Å². The van der Waals surface area contributed by atoms with Gasteiger partial charge in [-0.15, -0.1) is 0 Å². The van der Waals surface area contributed by atoms with Crippen molar-refractivity contribution in [3.63, 3.8) is 0 Å². The third-order valence-corrected chi connectivity index (χ3v) is 5.48. The van der Waals surface area contributed by atoms with Crippen LogP contribution in [0.2, 0.25) is 0 Å². The maximum Gasteiger partial charge on any atom is 0.408 e. The molecule has 0 spiro atoms. The third-order valence-electron chi connectivity index (χ3n) is 5.48. The van der Waals surface area contributed by atoms with Crippen LogP contribution in [-0.4, -0.2) is 65.7 Å². The number of nitriles is 1. The molecular formula is C28H34N4O7. The number of aromatic hydroxyl groups is 1. The lowest BCUT2D eigenvalue weighted by molar-refractivity contribution is -0.144. The Morgan fingerprint density at radius 2 is 1.67 bits per heavy atom. The molecule has 2 rings (SSSR count). The number of nitrogens with zero attached hydrogens (tertiary/aromatic N) is 2. The molecule has 0 radical (unpaired) electrons. The Bertz CT molecular complexity index is 1200. The van der Waals surface area contributed by atoms with Crippen LogP contribution in [0.5, 0.6) is 5.75 Å². The maximum atomic E-state index is 14.0. The summed E-state index contributed by atoms with van der Waals surface area (Å²) in [5.74, 6) is -2.11. The Hall–Kier alpha value is -4.59. The van der Waals surface area contributed by atoms with Crippen molar-refractivity contribution in [1.29, 1.82) is 5.26 Å². The molecule has 0 bridgehead atoms. The van der Waals surface area contributed by atoms with Crippen molar-refractivity contribution in [3.8, 4) is 11.8 Å². The van der Waals surface area contributed by atoms with E-state index >= 15 is 0 Å². The van der Waals surface area contributed by atoms with E-state index in [-0.39, 0.29) is 12.2 Å². The molecule has 11 heteroatoms. The van der Waals surface area contributed by atoms with Crippen molar-refractivity contribution in [2.24, 2.45) is 0 Å². The molecule has 2 aromatic rings. The quantitative estimate of drug-likeness (QED) is 0.308. The SMILES string of the molecule is COC(=O)CNC(=O)C(c1ccc(C)cc1)N(CC#N)C(=O)C(Cc1ccc(O)cc1)NC(=O)OC(C)(C)C. The number of amides is 3. The summed E-state index contributed by atoms with van der Waals surface area (Å²) in [5, 5.41) is 24.3. The van der Waals surface area contributed by atoms with Crippen molar-refractivity contribution < 1.29 is 33.8 Å². The second kappa shape index (κ2) is 13.8. The van der Waals surface area contributed by atoms with Crippen LogP contribution in [0.25, 0.3) is 0 Å². The number of ether oxygens (including phenoxy) is 2. The van der Waals surface area contributed by atoms with Crippen LogP contribution < -0.4 is 10.6 Å². The summed E-state index contributed by atoms with van der Waals surface area (Å²) in [4.78, 5) is 52.7. The molecule has 39 heavy (non-hydrogen) atoms. The predicted octanol–water partition coefficient (Wildman–Crippen LogP) is 2.52. The van der Waals surface area contributed by atoms with Crippen molar-refractivity contribution >= 4 is 23.9 Å². The van der Waals surface area contributed by atoms with Crippen LogP contribution in [0.15, 0.2) is 48.5 Å². The largest absolute Gasteiger partial charge is 0.508 e. The minimum Gasteiger partial charge on any atom is -0.508 e. The van der Waals surface area contributed by atoms with Crippen molar-refractivity contribution in [1.82, 2.24) is 15.5 Å². The lowest BCUT2D eigenvalue weighted by Crippen LogP contribution is -2.54. The first-order valence-electron chi connectivity index (χ1n) is 12.2. The number of phenols is 1. The normalized spacial score (nSPS) is 12.3. The molecule has 0 fully saturated rings. The maximum absolute atomic E-state index is 14.0. The molecule has 0 aliphatic rings. The van der Waals surface area contributed by atoms with Crippen LogP contribution in [0.4, 0.5) is 4.79 Å². The fourth-order valence-corrected chi connectivity index (χ4v) is 3.64. The van der Waals surface area contributed by atoms with Gasteiger partial charge in [-0.05, 0) is 51.0 Å². The standard InChI is InChI=1S/C28H34N4O7/c1-18-6-10-20(11-7-18)24(25(35)30-17-23(34)38-5)32(15-14-29)26(36)22(31-27(37)39-28(2,3)4)16-19-8-12-21(33)13-9-19/h6-13,22,24,33H,15-17H2,1-5H3,(H,30,35)(H,31,37). The van der Waals surface area contributed by atoms with Gasteiger partial charge in [0.15, 0.2) is 0 Å². The fraction of sp³-hybridized carbons (Fsp3) is 0.393. The van der Waals surface area contributed by atoms with Crippen molar-refractivity contribution in [2.45, 2.75) is 51.8 Å². The van der Waals surface area contributed by atoms with E-state index in [9.17, 15) is 29.5 Å². The summed E-state index contributed by atoms with van der Waals surface area (Å²) in [6.45, 7) is 5.93.